The summed E-state index contributed by atoms with van der Waals surface area (Å²) in [7, 11) is 0. The van der Waals surface area contributed by atoms with Crippen molar-refractivity contribution in [3.63, 3.8) is 0 Å². The van der Waals surface area contributed by atoms with Crippen molar-refractivity contribution < 1.29 is 32.3 Å². The lowest BCUT2D eigenvalue weighted by Crippen LogP contribution is -2.33. The van der Waals surface area contributed by atoms with Gasteiger partial charge in [-0.15, -0.1) is 0 Å². The molecule has 29 heavy (non-hydrogen) atoms. The van der Waals surface area contributed by atoms with E-state index >= 15 is 0 Å². The maximum Gasteiger partial charge on any atom is 0.405 e. The molecule has 0 bridgehead atoms. The summed E-state index contributed by atoms with van der Waals surface area (Å²) in [5, 5.41) is 7.01. The van der Waals surface area contributed by atoms with Crippen LogP contribution in [0.2, 0.25) is 0 Å². The van der Waals surface area contributed by atoms with Gasteiger partial charge in [-0.25, -0.2) is 0 Å². The van der Waals surface area contributed by atoms with Gasteiger partial charge in [0.15, 0.2) is 6.61 Å². The van der Waals surface area contributed by atoms with E-state index in [4.69, 9.17) is 4.74 Å². The molecule has 3 amide bonds. The van der Waals surface area contributed by atoms with E-state index < -0.39 is 24.5 Å². The fourth-order valence-electron chi connectivity index (χ4n) is 2.59. The number of hydrogen-bond acceptors (Lipinski definition) is 4. The summed E-state index contributed by atoms with van der Waals surface area (Å²) < 4.78 is 42.1. The van der Waals surface area contributed by atoms with Crippen molar-refractivity contribution in [2.75, 3.05) is 23.8 Å². The first-order chi connectivity index (χ1) is 13.6. The molecule has 3 rings (SSSR count). The third-order valence-electron chi connectivity index (χ3n) is 4.07. The second kappa shape index (κ2) is 7.82. The maximum absolute atomic E-state index is 12.6. The van der Waals surface area contributed by atoms with Crippen molar-refractivity contribution in [1.82, 2.24) is 5.32 Å². The second-order valence-corrected chi connectivity index (χ2v) is 6.33. The standard InChI is InChI=1S/C19H16F3N3O4/c1-10-2-3-11(17(27)23-9-19(20,21)22)6-14(10)25-18(28)12-4-5-13-15(7-12)29-8-16(26)24-13/h2-7H,8-9H2,1H3,(H,23,27)(H,24,26)(H,25,28). The molecule has 1 heterocycles. The van der Waals surface area contributed by atoms with Crippen molar-refractivity contribution >= 4 is 29.1 Å². The number of anilines is 2. The first-order valence-corrected chi connectivity index (χ1v) is 8.46. The number of hydrogen-bond donors (Lipinski definition) is 3. The number of alkyl halides is 3. The molecule has 1 aliphatic rings. The summed E-state index contributed by atoms with van der Waals surface area (Å²) in [4.78, 5) is 35.8. The first-order valence-electron chi connectivity index (χ1n) is 8.46. The maximum atomic E-state index is 12.6. The number of halogens is 3. The predicted octanol–water partition coefficient (Wildman–Crippen LogP) is 2.87. The Morgan fingerprint density at radius 2 is 1.79 bits per heavy atom. The van der Waals surface area contributed by atoms with Crippen molar-refractivity contribution in [3.05, 3.63) is 53.1 Å². The van der Waals surface area contributed by atoms with Gasteiger partial charge in [-0.2, -0.15) is 13.2 Å². The topological polar surface area (TPSA) is 96.5 Å². The van der Waals surface area contributed by atoms with Gasteiger partial charge in [-0.1, -0.05) is 6.07 Å². The largest absolute Gasteiger partial charge is 0.482 e. The minimum Gasteiger partial charge on any atom is -0.482 e. The van der Waals surface area contributed by atoms with Gasteiger partial charge in [0.1, 0.15) is 12.3 Å². The zero-order chi connectivity index (χ0) is 21.2. The highest BCUT2D eigenvalue weighted by Crippen LogP contribution is 2.29. The average Bonchev–Trinajstić information content (AvgIpc) is 2.66. The summed E-state index contributed by atoms with van der Waals surface area (Å²) >= 11 is 0. The third kappa shape index (κ3) is 5.03. The van der Waals surface area contributed by atoms with Crippen LogP contribution in [0.15, 0.2) is 36.4 Å². The van der Waals surface area contributed by atoms with Crippen LogP contribution < -0.4 is 20.7 Å². The number of ether oxygens (including phenoxy) is 1. The Morgan fingerprint density at radius 3 is 2.52 bits per heavy atom. The van der Waals surface area contributed by atoms with Gasteiger partial charge in [0.05, 0.1) is 5.69 Å². The zero-order valence-electron chi connectivity index (χ0n) is 15.1. The van der Waals surface area contributed by atoms with E-state index in [2.05, 4.69) is 10.6 Å². The number of fused-ring (bicyclic) bond motifs is 1. The Hall–Kier alpha value is -3.56. The molecule has 3 N–H and O–H groups in total. The van der Waals surface area contributed by atoms with Crippen LogP contribution in [0.1, 0.15) is 26.3 Å². The van der Waals surface area contributed by atoms with Crippen molar-refractivity contribution in [1.29, 1.82) is 0 Å². The molecule has 152 valence electrons. The van der Waals surface area contributed by atoms with Crippen LogP contribution in [0.25, 0.3) is 0 Å². The average molecular weight is 407 g/mol. The molecule has 0 saturated heterocycles. The quantitative estimate of drug-likeness (QED) is 0.726. The lowest BCUT2D eigenvalue weighted by molar-refractivity contribution is -0.123. The van der Waals surface area contributed by atoms with E-state index in [9.17, 15) is 27.6 Å². The van der Waals surface area contributed by atoms with Crippen molar-refractivity contribution in [2.24, 2.45) is 0 Å². The Kier molecular flexibility index (Phi) is 5.44. The Morgan fingerprint density at radius 1 is 1.10 bits per heavy atom. The molecule has 0 spiro atoms. The van der Waals surface area contributed by atoms with E-state index in [0.29, 0.717) is 17.0 Å². The SMILES string of the molecule is Cc1ccc(C(=O)NCC(F)(F)F)cc1NC(=O)c1ccc2c(c1)OCC(=O)N2. The summed E-state index contributed by atoms with van der Waals surface area (Å²) in [5.41, 5.74) is 1.56. The number of amides is 3. The van der Waals surface area contributed by atoms with Crippen LogP contribution in [0, 0.1) is 6.92 Å². The van der Waals surface area contributed by atoms with Crippen molar-refractivity contribution in [2.45, 2.75) is 13.1 Å². The number of nitrogens with one attached hydrogen (secondary N) is 3. The smallest absolute Gasteiger partial charge is 0.405 e. The van der Waals surface area contributed by atoms with Crippen molar-refractivity contribution in [3.8, 4) is 5.75 Å². The molecular weight excluding hydrogens is 391 g/mol. The van der Waals surface area contributed by atoms with Gasteiger partial charge in [0, 0.05) is 16.8 Å². The molecule has 2 aromatic carbocycles. The fraction of sp³-hybridized carbons (Fsp3) is 0.211. The summed E-state index contributed by atoms with van der Waals surface area (Å²) in [6.07, 6.45) is -4.52. The van der Waals surface area contributed by atoms with Gasteiger partial charge in [0.25, 0.3) is 17.7 Å². The van der Waals surface area contributed by atoms with Crippen LogP contribution in [-0.2, 0) is 4.79 Å². The second-order valence-electron chi connectivity index (χ2n) is 6.33. The minimum atomic E-state index is -4.52. The monoisotopic (exact) mass is 407 g/mol. The molecule has 0 saturated carbocycles. The van der Waals surface area contributed by atoms with Crippen LogP contribution in [-0.4, -0.2) is 37.0 Å². The molecule has 2 aromatic rings. The van der Waals surface area contributed by atoms with E-state index in [1.165, 1.54) is 36.4 Å². The predicted molar refractivity (Wildman–Crippen MR) is 98.1 cm³/mol. The van der Waals surface area contributed by atoms with Gasteiger partial charge >= 0.3 is 6.18 Å². The lowest BCUT2D eigenvalue weighted by atomic mass is 10.1. The molecule has 0 radical (unpaired) electrons. The molecule has 7 nitrogen and oxygen atoms in total. The molecule has 1 aliphatic heterocycles. The first kappa shape index (κ1) is 20.2. The number of rotatable bonds is 4. The summed E-state index contributed by atoms with van der Waals surface area (Å²) in [5.74, 6) is -1.37. The molecule has 10 heteroatoms. The molecule has 0 unspecified atom stereocenters. The van der Waals surface area contributed by atoms with Gasteiger partial charge in [-0.05, 0) is 42.8 Å². The van der Waals surface area contributed by atoms with E-state index in [1.807, 2.05) is 0 Å². The Bertz CT molecular complexity index is 989. The number of benzene rings is 2. The highest BCUT2D eigenvalue weighted by molar-refractivity contribution is 6.06. The number of aryl methyl sites for hydroxylation is 1. The van der Waals surface area contributed by atoms with E-state index in [0.717, 1.165) is 0 Å². The zero-order valence-corrected chi connectivity index (χ0v) is 15.1. The van der Waals surface area contributed by atoms with E-state index in [1.54, 1.807) is 12.2 Å². The molecule has 0 fully saturated rings. The van der Waals surface area contributed by atoms with Crippen LogP contribution in [0.5, 0.6) is 5.75 Å². The van der Waals surface area contributed by atoms with Gasteiger partial charge in [0.2, 0.25) is 0 Å². The molecule has 0 aliphatic carbocycles. The highest BCUT2D eigenvalue weighted by atomic mass is 19.4. The molecule has 0 atom stereocenters. The Balaban J connectivity index is 1.75. The Labute approximate surface area is 163 Å². The highest BCUT2D eigenvalue weighted by Gasteiger charge is 2.28. The van der Waals surface area contributed by atoms with Gasteiger partial charge < -0.3 is 20.7 Å². The van der Waals surface area contributed by atoms with Crippen LogP contribution >= 0.6 is 0 Å². The number of carbonyl (C=O) groups is 3. The van der Waals surface area contributed by atoms with E-state index in [-0.39, 0.29) is 29.3 Å². The molecular formula is C19H16F3N3O4. The van der Waals surface area contributed by atoms with Gasteiger partial charge in [-0.3, -0.25) is 14.4 Å². The lowest BCUT2D eigenvalue weighted by Gasteiger charge is -2.18. The van der Waals surface area contributed by atoms with Crippen LogP contribution in [0.3, 0.4) is 0 Å². The summed E-state index contributed by atoms with van der Waals surface area (Å²) in [6.45, 7) is 0.0673. The number of carbonyl (C=O) groups excluding carboxylic acids is 3. The fourth-order valence-corrected chi connectivity index (χ4v) is 2.59. The summed E-state index contributed by atoms with van der Waals surface area (Å²) in [6, 6.07) is 8.65. The van der Waals surface area contributed by atoms with Crippen LogP contribution in [0.4, 0.5) is 24.5 Å². The normalized spacial score (nSPS) is 13.0. The molecule has 0 aromatic heterocycles. The third-order valence-corrected chi connectivity index (χ3v) is 4.07. The minimum absolute atomic E-state index is 0.0216.